The Morgan fingerprint density at radius 3 is 2.63 bits per heavy atom. The lowest BCUT2D eigenvalue weighted by Crippen LogP contribution is -2.03. The molecule has 0 saturated carbocycles. The fourth-order valence-corrected chi connectivity index (χ4v) is 2.32. The Hall–Kier alpha value is -2.06. The van der Waals surface area contributed by atoms with Crippen LogP contribution in [0.2, 0.25) is 5.02 Å². The lowest BCUT2D eigenvalue weighted by atomic mass is 10.0. The van der Waals surface area contributed by atoms with Gasteiger partial charge in [-0.1, -0.05) is 41.9 Å². The zero-order valence-corrected chi connectivity index (χ0v) is 11.1. The van der Waals surface area contributed by atoms with Crippen molar-refractivity contribution in [3.05, 3.63) is 69.5 Å². The predicted octanol–water partition coefficient (Wildman–Crippen LogP) is 4.42. The third-order valence-electron chi connectivity index (χ3n) is 3.20. The minimum absolute atomic E-state index is 0.343. The van der Waals surface area contributed by atoms with Crippen molar-refractivity contribution in [2.24, 2.45) is 0 Å². The molecule has 0 fully saturated rings. The first-order chi connectivity index (χ1) is 9.16. The maximum absolute atomic E-state index is 12.1. The number of fused-ring (bicyclic) bond motifs is 1. The molecule has 2 aromatic carbocycles. The van der Waals surface area contributed by atoms with Gasteiger partial charge in [0.15, 0.2) is 0 Å². The second-order valence-electron chi connectivity index (χ2n) is 4.40. The van der Waals surface area contributed by atoms with Gasteiger partial charge in [0, 0.05) is 10.4 Å². The molecule has 3 heteroatoms. The van der Waals surface area contributed by atoms with Gasteiger partial charge in [0.2, 0.25) is 0 Å². The molecular formula is C16H11ClO2. The Morgan fingerprint density at radius 1 is 1.00 bits per heavy atom. The standard InChI is InChI=1S/C16H11ClO2/c1-10-12(6-4-7-14(10)17)13-9-11-5-2-3-8-15(11)19-16(13)18/h2-9H,1H3. The van der Waals surface area contributed by atoms with Crippen molar-refractivity contribution in [2.45, 2.75) is 6.92 Å². The van der Waals surface area contributed by atoms with E-state index in [0.29, 0.717) is 16.2 Å². The zero-order valence-electron chi connectivity index (χ0n) is 10.3. The van der Waals surface area contributed by atoms with Crippen molar-refractivity contribution in [3.63, 3.8) is 0 Å². The van der Waals surface area contributed by atoms with Gasteiger partial charge in [-0.05, 0) is 36.2 Å². The van der Waals surface area contributed by atoms with E-state index in [4.69, 9.17) is 16.0 Å². The van der Waals surface area contributed by atoms with Gasteiger partial charge in [0.25, 0.3) is 0 Å². The number of benzene rings is 2. The molecule has 0 atom stereocenters. The zero-order chi connectivity index (χ0) is 13.4. The van der Waals surface area contributed by atoms with E-state index in [-0.39, 0.29) is 5.63 Å². The molecule has 0 aliphatic carbocycles. The molecule has 19 heavy (non-hydrogen) atoms. The Balaban J connectivity index is 2.34. The van der Waals surface area contributed by atoms with Gasteiger partial charge >= 0.3 is 5.63 Å². The first-order valence-corrected chi connectivity index (χ1v) is 6.33. The molecule has 2 nitrogen and oxygen atoms in total. The summed E-state index contributed by atoms with van der Waals surface area (Å²) in [6.45, 7) is 1.90. The third-order valence-corrected chi connectivity index (χ3v) is 3.61. The summed E-state index contributed by atoms with van der Waals surface area (Å²) in [7, 11) is 0. The molecule has 0 spiro atoms. The molecule has 3 aromatic rings. The van der Waals surface area contributed by atoms with Crippen molar-refractivity contribution in [1.29, 1.82) is 0 Å². The molecule has 1 aromatic heterocycles. The Bertz CT molecular complexity index is 818. The van der Waals surface area contributed by atoms with E-state index in [1.165, 1.54) is 0 Å². The van der Waals surface area contributed by atoms with Gasteiger partial charge in [0.1, 0.15) is 5.58 Å². The van der Waals surface area contributed by atoms with Crippen LogP contribution in [-0.2, 0) is 0 Å². The van der Waals surface area contributed by atoms with Crippen molar-refractivity contribution in [3.8, 4) is 11.1 Å². The van der Waals surface area contributed by atoms with Crippen LogP contribution in [0.3, 0.4) is 0 Å². The average Bonchev–Trinajstić information content (AvgIpc) is 2.41. The summed E-state index contributed by atoms with van der Waals surface area (Å²) in [4.78, 5) is 12.1. The van der Waals surface area contributed by atoms with Crippen LogP contribution in [0.4, 0.5) is 0 Å². The second kappa shape index (κ2) is 4.56. The van der Waals surface area contributed by atoms with Gasteiger partial charge in [0.05, 0.1) is 5.56 Å². The first kappa shape index (κ1) is 12.0. The van der Waals surface area contributed by atoms with Crippen molar-refractivity contribution in [2.75, 3.05) is 0 Å². The number of hydrogen-bond acceptors (Lipinski definition) is 2. The Morgan fingerprint density at radius 2 is 1.79 bits per heavy atom. The maximum Gasteiger partial charge on any atom is 0.344 e. The van der Waals surface area contributed by atoms with Crippen LogP contribution in [0.15, 0.2) is 57.7 Å². The van der Waals surface area contributed by atoms with Crippen LogP contribution in [0, 0.1) is 6.92 Å². The molecule has 0 radical (unpaired) electrons. The van der Waals surface area contributed by atoms with E-state index in [1.54, 1.807) is 6.07 Å². The molecular weight excluding hydrogens is 260 g/mol. The maximum atomic E-state index is 12.1. The van der Waals surface area contributed by atoms with Crippen LogP contribution >= 0.6 is 11.6 Å². The van der Waals surface area contributed by atoms with Crippen molar-refractivity contribution >= 4 is 22.6 Å². The van der Waals surface area contributed by atoms with Gasteiger partial charge in [-0.15, -0.1) is 0 Å². The fourth-order valence-electron chi connectivity index (χ4n) is 2.15. The van der Waals surface area contributed by atoms with Gasteiger partial charge in [-0.3, -0.25) is 0 Å². The Kier molecular flexibility index (Phi) is 2.88. The highest BCUT2D eigenvalue weighted by molar-refractivity contribution is 6.31. The SMILES string of the molecule is Cc1c(Cl)cccc1-c1cc2ccccc2oc1=O. The van der Waals surface area contributed by atoms with Crippen LogP contribution in [0.25, 0.3) is 22.1 Å². The van der Waals surface area contributed by atoms with Crippen LogP contribution in [0.1, 0.15) is 5.56 Å². The molecule has 0 bridgehead atoms. The van der Waals surface area contributed by atoms with Gasteiger partial charge in [-0.25, -0.2) is 4.79 Å². The topological polar surface area (TPSA) is 30.2 Å². The largest absolute Gasteiger partial charge is 0.422 e. The number of hydrogen-bond donors (Lipinski definition) is 0. The quantitative estimate of drug-likeness (QED) is 0.613. The summed E-state index contributed by atoms with van der Waals surface area (Å²) in [5.74, 6) is 0. The summed E-state index contributed by atoms with van der Waals surface area (Å²) in [6, 6.07) is 14.8. The Labute approximate surface area is 115 Å². The molecule has 94 valence electrons. The number of para-hydroxylation sites is 1. The highest BCUT2D eigenvalue weighted by Gasteiger charge is 2.11. The fraction of sp³-hybridized carbons (Fsp3) is 0.0625. The molecule has 0 N–H and O–H groups in total. The molecule has 0 aliphatic rings. The highest BCUT2D eigenvalue weighted by Crippen LogP contribution is 2.28. The van der Waals surface area contributed by atoms with Gasteiger partial charge in [-0.2, -0.15) is 0 Å². The monoisotopic (exact) mass is 270 g/mol. The lowest BCUT2D eigenvalue weighted by Gasteiger charge is -2.07. The molecule has 3 rings (SSSR count). The van der Waals surface area contributed by atoms with Crippen molar-refractivity contribution in [1.82, 2.24) is 0 Å². The van der Waals surface area contributed by atoms with E-state index < -0.39 is 0 Å². The predicted molar refractivity (Wildman–Crippen MR) is 77.7 cm³/mol. The molecule has 0 unspecified atom stereocenters. The number of halogens is 1. The average molecular weight is 271 g/mol. The minimum Gasteiger partial charge on any atom is -0.422 e. The smallest absolute Gasteiger partial charge is 0.344 e. The summed E-state index contributed by atoms with van der Waals surface area (Å²) < 4.78 is 5.34. The van der Waals surface area contributed by atoms with E-state index in [9.17, 15) is 4.79 Å². The normalized spacial score (nSPS) is 10.8. The van der Waals surface area contributed by atoms with Crippen molar-refractivity contribution < 1.29 is 4.42 Å². The van der Waals surface area contributed by atoms with Crippen LogP contribution in [-0.4, -0.2) is 0 Å². The summed E-state index contributed by atoms with van der Waals surface area (Å²) in [6.07, 6.45) is 0. The third kappa shape index (κ3) is 2.04. The summed E-state index contributed by atoms with van der Waals surface area (Å²) in [5, 5.41) is 1.54. The minimum atomic E-state index is -0.343. The molecule has 0 amide bonds. The van der Waals surface area contributed by atoms with E-state index in [1.807, 2.05) is 49.4 Å². The summed E-state index contributed by atoms with van der Waals surface area (Å²) >= 11 is 6.10. The van der Waals surface area contributed by atoms with E-state index in [2.05, 4.69) is 0 Å². The van der Waals surface area contributed by atoms with Crippen LogP contribution in [0.5, 0.6) is 0 Å². The van der Waals surface area contributed by atoms with E-state index >= 15 is 0 Å². The summed E-state index contributed by atoms with van der Waals surface area (Å²) in [5.41, 5.74) is 2.48. The number of rotatable bonds is 1. The first-order valence-electron chi connectivity index (χ1n) is 5.95. The second-order valence-corrected chi connectivity index (χ2v) is 4.80. The van der Waals surface area contributed by atoms with E-state index in [0.717, 1.165) is 16.5 Å². The van der Waals surface area contributed by atoms with Crippen LogP contribution < -0.4 is 5.63 Å². The lowest BCUT2D eigenvalue weighted by molar-refractivity contribution is 0.563. The molecule has 0 saturated heterocycles. The molecule has 1 heterocycles. The van der Waals surface area contributed by atoms with Gasteiger partial charge < -0.3 is 4.42 Å². The highest BCUT2D eigenvalue weighted by atomic mass is 35.5. The molecule has 0 aliphatic heterocycles.